The molecule has 1 N–H and O–H groups in total. The number of benzene rings is 1. The van der Waals surface area contributed by atoms with Gasteiger partial charge < -0.3 is 19.4 Å². The number of hydrogen-bond acceptors (Lipinski definition) is 4. The maximum Gasteiger partial charge on any atom is 0.137 e. The van der Waals surface area contributed by atoms with Gasteiger partial charge in [-0.05, 0) is 30.6 Å². The van der Waals surface area contributed by atoms with Gasteiger partial charge in [0.05, 0.1) is 0 Å². The highest BCUT2D eigenvalue weighted by atomic mass is 16.5. The first-order valence-corrected chi connectivity index (χ1v) is 9.02. The second-order valence-electron chi connectivity index (χ2n) is 6.85. The Kier molecular flexibility index (Phi) is 4.85. The average molecular weight is 339 g/mol. The highest BCUT2D eigenvalue weighted by molar-refractivity contribution is 5.62. The Bertz CT molecular complexity index is 753. The normalized spacial score (nSPS) is 22.8. The van der Waals surface area contributed by atoms with E-state index in [0.717, 1.165) is 43.3 Å². The van der Waals surface area contributed by atoms with Crippen molar-refractivity contribution >= 4 is 6.08 Å². The van der Waals surface area contributed by atoms with Crippen LogP contribution in [0.1, 0.15) is 30.3 Å². The summed E-state index contributed by atoms with van der Waals surface area (Å²) in [6, 6.07) is 8.18. The number of para-hydroxylation sites is 1. The van der Waals surface area contributed by atoms with Crippen LogP contribution in [-0.2, 0) is 11.8 Å². The van der Waals surface area contributed by atoms with E-state index < -0.39 is 0 Å². The van der Waals surface area contributed by atoms with E-state index in [-0.39, 0.29) is 6.10 Å². The summed E-state index contributed by atoms with van der Waals surface area (Å²) in [5, 5.41) is 3.60. The lowest BCUT2D eigenvalue weighted by Crippen LogP contribution is -2.34. The largest absolute Gasteiger partial charge is 0.489 e. The minimum absolute atomic E-state index is 0.0820. The third-order valence-electron chi connectivity index (χ3n) is 5.01. The first-order chi connectivity index (χ1) is 12.3. The smallest absolute Gasteiger partial charge is 0.137 e. The van der Waals surface area contributed by atoms with Crippen LogP contribution in [0.5, 0.6) is 5.75 Å². The lowest BCUT2D eigenvalue weighted by atomic mass is 9.93. The molecule has 25 heavy (non-hydrogen) atoms. The highest BCUT2D eigenvalue weighted by Crippen LogP contribution is 2.32. The zero-order valence-electron chi connectivity index (χ0n) is 14.6. The predicted molar refractivity (Wildman–Crippen MR) is 97.4 cm³/mol. The molecule has 2 aliphatic heterocycles. The van der Waals surface area contributed by atoms with Gasteiger partial charge in [0.25, 0.3) is 0 Å². The minimum atomic E-state index is 0.0820. The molecular weight excluding hydrogens is 314 g/mol. The van der Waals surface area contributed by atoms with Crippen LogP contribution in [0.3, 0.4) is 0 Å². The molecule has 1 saturated heterocycles. The van der Waals surface area contributed by atoms with Crippen LogP contribution in [0.25, 0.3) is 6.08 Å². The number of rotatable bonds is 5. The molecule has 1 aromatic heterocycles. The molecule has 0 unspecified atom stereocenters. The van der Waals surface area contributed by atoms with Crippen molar-refractivity contribution in [2.24, 2.45) is 13.0 Å². The third-order valence-corrected chi connectivity index (χ3v) is 5.01. The highest BCUT2D eigenvalue weighted by Gasteiger charge is 2.30. The average Bonchev–Trinajstić information content (AvgIpc) is 3.08. The lowest BCUT2D eigenvalue weighted by Gasteiger charge is -2.31. The second-order valence-corrected chi connectivity index (χ2v) is 6.85. The van der Waals surface area contributed by atoms with E-state index in [0.29, 0.717) is 12.5 Å². The first kappa shape index (κ1) is 16.4. The van der Waals surface area contributed by atoms with Crippen LogP contribution < -0.4 is 10.1 Å². The molecule has 0 aliphatic carbocycles. The summed E-state index contributed by atoms with van der Waals surface area (Å²) in [6.07, 6.45) is 8.44. The molecule has 2 atom stereocenters. The molecule has 5 heteroatoms. The number of fused-ring (bicyclic) bond motifs is 1. The van der Waals surface area contributed by atoms with E-state index in [2.05, 4.69) is 27.0 Å². The minimum Gasteiger partial charge on any atom is -0.489 e. The molecule has 1 fully saturated rings. The molecule has 132 valence electrons. The summed E-state index contributed by atoms with van der Waals surface area (Å²) in [7, 11) is 2.03. The molecular formula is C20H25N3O2. The number of hydrogen-bond donors (Lipinski definition) is 1. The summed E-state index contributed by atoms with van der Waals surface area (Å²) in [5.74, 6) is 2.45. The first-order valence-electron chi connectivity index (χ1n) is 9.02. The van der Waals surface area contributed by atoms with E-state index in [1.165, 1.54) is 12.0 Å². The predicted octanol–water partition coefficient (Wildman–Crippen LogP) is 2.95. The van der Waals surface area contributed by atoms with Crippen LogP contribution in [0.2, 0.25) is 0 Å². The standard InChI is InChI=1S/C20H25N3O2/c1-23-9-8-22-20(23)19-17(6-4-10-24-19)13-21-12-15-11-16-5-2-3-7-18(16)25-14-15/h2-3,5,7-9,11,17,19,21H,4,6,10,12-14H2,1H3/t17-,19+/m0/s1. The molecule has 3 heterocycles. The van der Waals surface area contributed by atoms with Crippen LogP contribution in [0.15, 0.2) is 42.2 Å². The molecule has 0 bridgehead atoms. The number of nitrogens with one attached hydrogen (secondary N) is 1. The van der Waals surface area contributed by atoms with Crippen molar-refractivity contribution in [1.29, 1.82) is 0 Å². The Hall–Kier alpha value is -2.11. The molecule has 2 aromatic rings. The zero-order chi connectivity index (χ0) is 17.1. The summed E-state index contributed by atoms with van der Waals surface area (Å²) in [6.45, 7) is 3.26. The van der Waals surface area contributed by atoms with Gasteiger partial charge >= 0.3 is 0 Å². The molecule has 5 nitrogen and oxygen atoms in total. The monoisotopic (exact) mass is 339 g/mol. The Balaban J connectivity index is 1.36. The van der Waals surface area contributed by atoms with Crippen molar-refractivity contribution in [3.05, 3.63) is 53.6 Å². The van der Waals surface area contributed by atoms with Gasteiger partial charge in [0.1, 0.15) is 24.3 Å². The Labute approximate surface area is 148 Å². The van der Waals surface area contributed by atoms with Crippen LogP contribution >= 0.6 is 0 Å². The third kappa shape index (κ3) is 3.62. The number of imidazole rings is 1. The number of ether oxygens (including phenoxy) is 2. The summed E-state index contributed by atoms with van der Waals surface area (Å²) in [4.78, 5) is 4.49. The summed E-state index contributed by atoms with van der Waals surface area (Å²) < 4.78 is 13.9. The van der Waals surface area contributed by atoms with Crippen LogP contribution in [-0.4, -0.2) is 35.9 Å². The van der Waals surface area contributed by atoms with Gasteiger partial charge in [0.15, 0.2) is 0 Å². The Morgan fingerprint density at radius 1 is 1.32 bits per heavy atom. The van der Waals surface area contributed by atoms with Crippen LogP contribution in [0, 0.1) is 5.92 Å². The van der Waals surface area contributed by atoms with Gasteiger partial charge in [-0.15, -0.1) is 0 Å². The van der Waals surface area contributed by atoms with Gasteiger partial charge in [-0.25, -0.2) is 4.98 Å². The number of aromatic nitrogens is 2. The van der Waals surface area contributed by atoms with Crippen LogP contribution in [0.4, 0.5) is 0 Å². The fourth-order valence-electron chi connectivity index (χ4n) is 3.67. The summed E-state index contributed by atoms with van der Waals surface area (Å²) in [5.41, 5.74) is 2.45. The second kappa shape index (κ2) is 7.42. The van der Waals surface area contributed by atoms with Gasteiger partial charge in [0, 0.05) is 50.6 Å². The van der Waals surface area contributed by atoms with Crippen molar-refractivity contribution in [3.8, 4) is 5.75 Å². The maximum absolute atomic E-state index is 6.04. The van der Waals surface area contributed by atoms with E-state index >= 15 is 0 Å². The van der Waals surface area contributed by atoms with Crippen molar-refractivity contribution in [2.75, 3.05) is 26.3 Å². The van der Waals surface area contributed by atoms with E-state index in [1.807, 2.05) is 37.6 Å². The molecule has 4 rings (SSSR count). The molecule has 0 amide bonds. The number of aryl methyl sites for hydroxylation is 1. The van der Waals surface area contributed by atoms with Gasteiger partial charge in [-0.3, -0.25) is 0 Å². The van der Waals surface area contributed by atoms with E-state index in [9.17, 15) is 0 Å². The zero-order valence-corrected chi connectivity index (χ0v) is 14.6. The lowest BCUT2D eigenvalue weighted by molar-refractivity contribution is -0.0341. The SMILES string of the molecule is Cn1ccnc1[C@@H]1OCCC[C@H]1CNCC1=Cc2ccccc2OC1. The van der Waals surface area contributed by atoms with E-state index in [1.54, 1.807) is 0 Å². The van der Waals surface area contributed by atoms with Crippen molar-refractivity contribution < 1.29 is 9.47 Å². The molecule has 1 aromatic carbocycles. The quantitative estimate of drug-likeness (QED) is 0.910. The van der Waals surface area contributed by atoms with Gasteiger partial charge in [-0.1, -0.05) is 18.2 Å². The fraction of sp³-hybridized carbons (Fsp3) is 0.450. The summed E-state index contributed by atoms with van der Waals surface area (Å²) >= 11 is 0. The number of nitrogens with zero attached hydrogens (tertiary/aromatic N) is 2. The molecule has 0 spiro atoms. The van der Waals surface area contributed by atoms with Crippen molar-refractivity contribution in [3.63, 3.8) is 0 Å². The Morgan fingerprint density at radius 3 is 3.12 bits per heavy atom. The van der Waals surface area contributed by atoms with Crippen molar-refractivity contribution in [2.45, 2.75) is 18.9 Å². The molecule has 0 radical (unpaired) electrons. The van der Waals surface area contributed by atoms with Crippen molar-refractivity contribution in [1.82, 2.24) is 14.9 Å². The topological polar surface area (TPSA) is 48.3 Å². The van der Waals surface area contributed by atoms with Gasteiger partial charge in [-0.2, -0.15) is 0 Å². The van der Waals surface area contributed by atoms with E-state index in [4.69, 9.17) is 9.47 Å². The molecule has 2 aliphatic rings. The Morgan fingerprint density at radius 2 is 2.24 bits per heavy atom. The molecule has 0 saturated carbocycles. The fourth-order valence-corrected chi connectivity index (χ4v) is 3.67. The van der Waals surface area contributed by atoms with Gasteiger partial charge in [0.2, 0.25) is 0 Å². The maximum atomic E-state index is 6.04.